The number of rotatable bonds is 8. The molecule has 16 heteroatoms. The number of anilines is 2. The zero-order valence-electron chi connectivity index (χ0n) is 22.3. The normalized spacial score (nSPS) is 12.3. The van der Waals surface area contributed by atoms with Crippen molar-refractivity contribution >= 4 is 48.5 Å². The molecule has 0 atom stereocenters. The highest BCUT2D eigenvalue weighted by Gasteiger charge is 2.41. The Labute approximate surface area is 244 Å². The van der Waals surface area contributed by atoms with Crippen molar-refractivity contribution in [1.82, 2.24) is 0 Å². The number of oxime groups is 1. The van der Waals surface area contributed by atoms with E-state index in [9.17, 15) is 42.3 Å². The number of hydrogen-bond donors (Lipinski definition) is 3. The molecular weight excluding hydrogens is 602 g/mol. The van der Waals surface area contributed by atoms with E-state index in [1.54, 1.807) is 50.2 Å². The lowest BCUT2D eigenvalue weighted by Crippen LogP contribution is -2.15. The highest BCUT2D eigenvalue weighted by Crippen LogP contribution is 2.49. The van der Waals surface area contributed by atoms with E-state index in [1.807, 2.05) is 0 Å². The van der Waals surface area contributed by atoms with Crippen molar-refractivity contribution in [3.8, 4) is 11.1 Å². The van der Waals surface area contributed by atoms with Crippen molar-refractivity contribution in [3.63, 3.8) is 0 Å². The van der Waals surface area contributed by atoms with Crippen molar-refractivity contribution in [2.45, 2.75) is 23.6 Å². The maximum Gasteiger partial charge on any atom is 0.279 e. The van der Waals surface area contributed by atoms with Gasteiger partial charge in [0.25, 0.3) is 31.4 Å². The van der Waals surface area contributed by atoms with Crippen LogP contribution in [0.1, 0.15) is 22.3 Å². The smallest absolute Gasteiger partial charge is 0.279 e. The molecule has 3 N–H and O–H groups in total. The quantitative estimate of drug-likeness (QED) is 0.121. The molecule has 0 radical (unpaired) electrons. The Bertz CT molecular complexity index is 1960. The number of nitro benzene ring substituents is 2. The monoisotopic (exact) mass is 623 g/mol. The van der Waals surface area contributed by atoms with Crippen molar-refractivity contribution < 1.29 is 31.9 Å². The van der Waals surface area contributed by atoms with Crippen LogP contribution in [0.15, 0.2) is 87.7 Å². The fourth-order valence-corrected chi connectivity index (χ4v) is 7.09. The van der Waals surface area contributed by atoms with E-state index in [4.69, 9.17) is 0 Å². The van der Waals surface area contributed by atoms with E-state index in [2.05, 4.69) is 14.6 Å². The van der Waals surface area contributed by atoms with Gasteiger partial charge in [0.05, 0.1) is 42.1 Å². The van der Waals surface area contributed by atoms with Gasteiger partial charge in [-0.05, 0) is 49.2 Å². The summed E-state index contributed by atoms with van der Waals surface area (Å²) in [5.41, 5.74) is -2.05. The molecule has 14 nitrogen and oxygen atoms in total. The summed E-state index contributed by atoms with van der Waals surface area (Å²) in [6.45, 7) is 3.30. The van der Waals surface area contributed by atoms with E-state index in [0.717, 1.165) is 24.3 Å². The third-order valence-electron chi connectivity index (χ3n) is 6.84. The first kappa shape index (κ1) is 29.2. The van der Waals surface area contributed by atoms with Gasteiger partial charge in [-0.2, -0.15) is 0 Å². The first-order valence-corrected chi connectivity index (χ1v) is 15.3. The molecule has 4 aromatic carbocycles. The molecule has 0 unspecified atom stereocenters. The van der Waals surface area contributed by atoms with E-state index < -0.39 is 67.9 Å². The fraction of sp³-hybridized carbons (Fsp3) is 0.0741. The van der Waals surface area contributed by atoms with Crippen LogP contribution in [0.2, 0.25) is 0 Å². The summed E-state index contributed by atoms with van der Waals surface area (Å²) in [7, 11) is -8.92. The van der Waals surface area contributed by atoms with Crippen LogP contribution >= 0.6 is 0 Å². The zero-order chi connectivity index (χ0) is 31.3. The van der Waals surface area contributed by atoms with Gasteiger partial charge in [-0.1, -0.05) is 41.6 Å². The average molecular weight is 624 g/mol. The predicted octanol–water partition coefficient (Wildman–Crippen LogP) is 4.93. The summed E-state index contributed by atoms with van der Waals surface area (Å²) in [6.07, 6.45) is 0. The van der Waals surface area contributed by atoms with Crippen LogP contribution in [0.4, 0.5) is 22.7 Å². The van der Waals surface area contributed by atoms with Crippen LogP contribution < -0.4 is 9.44 Å². The Morgan fingerprint density at radius 2 is 1.05 bits per heavy atom. The highest BCUT2D eigenvalue weighted by atomic mass is 32.2. The van der Waals surface area contributed by atoms with Crippen LogP contribution in [0.25, 0.3) is 11.1 Å². The molecule has 220 valence electrons. The van der Waals surface area contributed by atoms with Gasteiger partial charge in [0, 0.05) is 23.3 Å². The first-order chi connectivity index (χ1) is 20.2. The number of nitro groups is 2. The number of aryl methyl sites for hydroxylation is 2. The molecule has 0 spiro atoms. The molecule has 0 aromatic heterocycles. The molecule has 5 rings (SSSR count). The predicted molar refractivity (Wildman–Crippen MR) is 157 cm³/mol. The van der Waals surface area contributed by atoms with Crippen molar-refractivity contribution in [2.75, 3.05) is 9.44 Å². The van der Waals surface area contributed by atoms with Crippen molar-refractivity contribution in [1.29, 1.82) is 0 Å². The molecule has 4 aromatic rings. The maximum absolute atomic E-state index is 13.3. The molecular formula is C27H21N5O9S2. The van der Waals surface area contributed by atoms with E-state index >= 15 is 0 Å². The molecule has 0 heterocycles. The second-order valence-corrected chi connectivity index (χ2v) is 12.9. The number of sulfonamides is 2. The molecule has 0 bridgehead atoms. The molecule has 0 fully saturated rings. The van der Waals surface area contributed by atoms with Gasteiger partial charge in [-0.15, -0.1) is 0 Å². The summed E-state index contributed by atoms with van der Waals surface area (Å²) in [4.78, 5) is 21.4. The lowest BCUT2D eigenvalue weighted by atomic mass is 10.0. The number of nitrogens with one attached hydrogen (secondary N) is 2. The molecule has 0 aliphatic heterocycles. The van der Waals surface area contributed by atoms with Crippen LogP contribution in [0.5, 0.6) is 0 Å². The lowest BCUT2D eigenvalue weighted by Gasteiger charge is -2.12. The SMILES string of the molecule is Cc1ccccc1NS(=O)(=O)c1cc2c(c([N+](=O)[O-])c1)-c1c(cc(S(=O)(=O)Nc3ccccc3C)cc1[N+](=O)[O-])C2=NO. The van der Waals surface area contributed by atoms with Crippen LogP contribution in [0, 0.1) is 34.1 Å². The zero-order valence-corrected chi connectivity index (χ0v) is 23.9. The van der Waals surface area contributed by atoms with Crippen molar-refractivity contribution in [3.05, 3.63) is 115 Å². The van der Waals surface area contributed by atoms with Gasteiger partial charge in [-0.3, -0.25) is 29.7 Å². The minimum atomic E-state index is -4.46. The standard InChI is InChI=1S/C27H21N5O9S2/c1-15-7-3-5-9-21(15)29-42(38,39)17-11-19-25(23(13-17)31(34)35)26-20(27(19)28-33)12-18(14-24(26)32(36)37)43(40,41)30-22-10-6-4-8-16(22)2/h3-14,29-30,33H,1-2H3. The number of benzene rings is 4. The summed E-state index contributed by atoms with van der Waals surface area (Å²) in [5, 5.41) is 37.5. The summed E-state index contributed by atoms with van der Waals surface area (Å²) in [5.74, 6) is 0. The third-order valence-corrected chi connectivity index (χ3v) is 9.53. The van der Waals surface area contributed by atoms with Crippen LogP contribution in [-0.4, -0.2) is 37.6 Å². The summed E-state index contributed by atoms with van der Waals surface area (Å²) in [6, 6.07) is 16.2. The Kier molecular flexibility index (Phi) is 7.11. The highest BCUT2D eigenvalue weighted by molar-refractivity contribution is 7.93. The fourth-order valence-electron chi connectivity index (χ4n) is 4.73. The second-order valence-electron chi connectivity index (χ2n) is 9.53. The Morgan fingerprint density at radius 3 is 1.37 bits per heavy atom. The lowest BCUT2D eigenvalue weighted by molar-refractivity contribution is -0.386. The number of nitrogens with zero attached hydrogens (tertiary/aromatic N) is 3. The maximum atomic E-state index is 13.3. The van der Waals surface area contributed by atoms with Gasteiger partial charge in [0.15, 0.2) is 0 Å². The molecule has 0 amide bonds. The summed E-state index contributed by atoms with van der Waals surface area (Å²) < 4.78 is 58.0. The largest absolute Gasteiger partial charge is 0.410 e. The van der Waals surface area contributed by atoms with Gasteiger partial charge in [0.2, 0.25) is 0 Å². The first-order valence-electron chi connectivity index (χ1n) is 12.3. The Morgan fingerprint density at radius 1 is 0.674 bits per heavy atom. The third kappa shape index (κ3) is 5.13. The number of hydrogen-bond acceptors (Lipinski definition) is 10. The minimum Gasteiger partial charge on any atom is -0.410 e. The van der Waals surface area contributed by atoms with Gasteiger partial charge in [-0.25, -0.2) is 16.8 Å². The van der Waals surface area contributed by atoms with Gasteiger partial charge < -0.3 is 5.21 Å². The van der Waals surface area contributed by atoms with Gasteiger partial charge in [0.1, 0.15) is 5.71 Å². The van der Waals surface area contributed by atoms with E-state index in [-0.39, 0.29) is 22.5 Å². The van der Waals surface area contributed by atoms with Crippen LogP contribution in [-0.2, 0) is 20.0 Å². The summed E-state index contributed by atoms with van der Waals surface area (Å²) >= 11 is 0. The van der Waals surface area contributed by atoms with Crippen molar-refractivity contribution in [2.24, 2.45) is 5.16 Å². The van der Waals surface area contributed by atoms with E-state index in [1.165, 1.54) is 12.1 Å². The molecule has 0 saturated heterocycles. The second kappa shape index (κ2) is 10.5. The Balaban J connectivity index is 1.72. The minimum absolute atomic E-state index is 0.205. The Hall–Kier alpha value is -5.35. The molecule has 0 saturated carbocycles. The molecule has 1 aliphatic rings. The number of para-hydroxylation sites is 2. The molecule has 43 heavy (non-hydrogen) atoms. The molecule has 1 aliphatic carbocycles. The van der Waals surface area contributed by atoms with Crippen LogP contribution in [0.3, 0.4) is 0 Å². The van der Waals surface area contributed by atoms with Gasteiger partial charge >= 0.3 is 0 Å². The topological polar surface area (TPSA) is 211 Å². The number of fused-ring (bicyclic) bond motifs is 3. The van der Waals surface area contributed by atoms with E-state index in [0.29, 0.717) is 11.1 Å². The average Bonchev–Trinajstić information content (AvgIpc) is 3.27.